The van der Waals surface area contributed by atoms with Gasteiger partial charge in [-0.05, 0) is 30.5 Å². The molecule has 0 spiro atoms. The van der Waals surface area contributed by atoms with Gasteiger partial charge < -0.3 is 15.3 Å². The van der Waals surface area contributed by atoms with E-state index >= 15 is 0 Å². The molecular weight excluding hydrogens is 300 g/mol. The van der Waals surface area contributed by atoms with Crippen molar-refractivity contribution >= 4 is 11.6 Å². The van der Waals surface area contributed by atoms with Gasteiger partial charge in [0.05, 0.1) is 12.5 Å². The molecule has 1 aliphatic heterocycles. The van der Waals surface area contributed by atoms with Crippen molar-refractivity contribution in [2.24, 2.45) is 0 Å². The van der Waals surface area contributed by atoms with Crippen molar-refractivity contribution < 1.29 is 9.90 Å². The van der Waals surface area contributed by atoms with Crippen molar-refractivity contribution in [1.82, 2.24) is 5.32 Å². The smallest absolute Gasteiger partial charge is 0.223 e. The second-order valence-corrected chi connectivity index (χ2v) is 6.32. The van der Waals surface area contributed by atoms with Gasteiger partial charge in [0.1, 0.15) is 0 Å². The molecule has 2 N–H and O–H groups in total. The van der Waals surface area contributed by atoms with E-state index in [2.05, 4.69) is 22.3 Å². The van der Waals surface area contributed by atoms with E-state index in [1.54, 1.807) is 0 Å². The number of para-hydroxylation sites is 1. The molecule has 1 amide bonds. The zero-order valence-electron chi connectivity index (χ0n) is 13.8. The van der Waals surface area contributed by atoms with Crippen LogP contribution in [0.25, 0.3) is 0 Å². The van der Waals surface area contributed by atoms with Crippen molar-refractivity contribution in [3.63, 3.8) is 0 Å². The minimum Gasteiger partial charge on any atom is -0.388 e. The van der Waals surface area contributed by atoms with E-state index in [0.29, 0.717) is 0 Å². The zero-order chi connectivity index (χ0) is 16.8. The van der Waals surface area contributed by atoms with Gasteiger partial charge in [-0.1, -0.05) is 48.5 Å². The number of nitrogens with zero attached hydrogens (tertiary/aromatic N) is 1. The third-order valence-corrected chi connectivity index (χ3v) is 4.47. The molecule has 24 heavy (non-hydrogen) atoms. The molecular formula is C20H24N2O2. The van der Waals surface area contributed by atoms with Crippen molar-refractivity contribution in [3.8, 4) is 0 Å². The van der Waals surface area contributed by atoms with E-state index in [9.17, 15) is 9.90 Å². The van der Waals surface area contributed by atoms with Gasteiger partial charge in [-0.3, -0.25) is 4.79 Å². The van der Waals surface area contributed by atoms with Gasteiger partial charge >= 0.3 is 0 Å². The van der Waals surface area contributed by atoms with Crippen molar-refractivity contribution in [2.45, 2.75) is 31.4 Å². The highest BCUT2D eigenvalue weighted by atomic mass is 16.3. The number of aliphatic hydroxyl groups is 1. The molecule has 0 radical (unpaired) electrons. The molecule has 1 saturated heterocycles. The number of piperidine rings is 1. The molecule has 126 valence electrons. The number of aliphatic hydroxyl groups excluding tert-OH is 1. The van der Waals surface area contributed by atoms with Gasteiger partial charge in [0.2, 0.25) is 5.91 Å². The highest BCUT2D eigenvalue weighted by Crippen LogP contribution is 2.20. The second kappa shape index (κ2) is 7.97. The Morgan fingerprint density at radius 2 is 1.79 bits per heavy atom. The molecule has 0 saturated carbocycles. The van der Waals surface area contributed by atoms with Crippen molar-refractivity contribution in [1.29, 1.82) is 0 Å². The molecule has 4 nitrogen and oxygen atoms in total. The van der Waals surface area contributed by atoms with Crippen molar-refractivity contribution in [2.75, 3.05) is 18.0 Å². The molecule has 3 rings (SSSR count). The highest BCUT2D eigenvalue weighted by Gasteiger charge is 2.22. The minimum absolute atomic E-state index is 0.0914. The Bertz CT molecular complexity index is 645. The van der Waals surface area contributed by atoms with Crippen LogP contribution in [0.1, 0.15) is 30.9 Å². The number of anilines is 1. The van der Waals surface area contributed by atoms with Crippen LogP contribution in [0.2, 0.25) is 0 Å². The molecule has 1 heterocycles. The summed E-state index contributed by atoms with van der Waals surface area (Å²) in [6, 6.07) is 19.7. The van der Waals surface area contributed by atoms with E-state index in [1.165, 1.54) is 5.69 Å². The van der Waals surface area contributed by atoms with Gasteiger partial charge in [-0.15, -0.1) is 0 Å². The summed E-state index contributed by atoms with van der Waals surface area (Å²) in [6.45, 7) is 1.83. The summed E-state index contributed by atoms with van der Waals surface area (Å²) in [4.78, 5) is 14.6. The number of hydrogen-bond acceptors (Lipinski definition) is 3. The number of rotatable bonds is 5. The number of carbonyl (C=O) groups is 1. The lowest BCUT2D eigenvalue weighted by Crippen LogP contribution is -2.48. The fourth-order valence-electron chi connectivity index (χ4n) is 3.22. The maximum atomic E-state index is 12.2. The van der Waals surface area contributed by atoms with Crippen LogP contribution in [0, 0.1) is 0 Å². The van der Waals surface area contributed by atoms with Gasteiger partial charge in [-0.2, -0.15) is 0 Å². The number of amides is 1. The molecule has 0 bridgehead atoms. The van der Waals surface area contributed by atoms with E-state index < -0.39 is 6.10 Å². The van der Waals surface area contributed by atoms with Crippen molar-refractivity contribution in [3.05, 3.63) is 66.2 Å². The van der Waals surface area contributed by atoms with Crippen LogP contribution in [0.3, 0.4) is 0 Å². The maximum absolute atomic E-state index is 12.2. The first-order valence-corrected chi connectivity index (χ1v) is 8.55. The largest absolute Gasteiger partial charge is 0.388 e. The molecule has 2 atom stereocenters. The van der Waals surface area contributed by atoms with Gasteiger partial charge in [-0.25, -0.2) is 0 Å². The standard InChI is InChI=1S/C20H24N2O2/c23-19(16-8-3-1-4-9-16)14-20(24)21-17-10-7-13-22(15-17)18-11-5-2-6-12-18/h1-6,8-9,11-12,17,19,23H,7,10,13-15H2,(H,21,24). The average Bonchev–Trinajstić information content (AvgIpc) is 2.63. The van der Waals surface area contributed by atoms with E-state index in [0.717, 1.165) is 31.5 Å². The normalized spacial score (nSPS) is 18.9. The summed E-state index contributed by atoms with van der Waals surface area (Å²) in [6.07, 6.45) is 1.39. The summed E-state index contributed by atoms with van der Waals surface area (Å²) in [5, 5.41) is 13.3. The third-order valence-electron chi connectivity index (χ3n) is 4.47. The van der Waals surface area contributed by atoms with Crippen LogP contribution in [-0.4, -0.2) is 30.1 Å². The quantitative estimate of drug-likeness (QED) is 0.889. The van der Waals surface area contributed by atoms with Crippen LogP contribution >= 0.6 is 0 Å². The second-order valence-electron chi connectivity index (χ2n) is 6.32. The van der Waals surface area contributed by atoms with Crippen LogP contribution in [0.15, 0.2) is 60.7 Å². The Hall–Kier alpha value is -2.33. The third kappa shape index (κ3) is 4.36. The molecule has 2 aromatic carbocycles. The molecule has 2 unspecified atom stereocenters. The lowest BCUT2D eigenvalue weighted by atomic mass is 10.0. The number of nitrogens with one attached hydrogen (secondary N) is 1. The predicted molar refractivity (Wildman–Crippen MR) is 95.8 cm³/mol. The molecule has 0 aliphatic carbocycles. The van der Waals surface area contributed by atoms with Crippen LogP contribution in [0.5, 0.6) is 0 Å². The minimum atomic E-state index is -0.750. The Balaban J connectivity index is 1.53. The van der Waals surface area contributed by atoms with Gasteiger partial charge in [0.15, 0.2) is 0 Å². The summed E-state index contributed by atoms with van der Waals surface area (Å²) >= 11 is 0. The number of hydrogen-bond donors (Lipinski definition) is 2. The molecule has 0 aromatic heterocycles. The summed E-state index contributed by atoms with van der Waals surface area (Å²) in [5.74, 6) is -0.0914. The number of carbonyl (C=O) groups excluding carboxylic acids is 1. The van der Waals surface area contributed by atoms with E-state index in [-0.39, 0.29) is 18.4 Å². The first-order chi connectivity index (χ1) is 11.7. The van der Waals surface area contributed by atoms with Crippen LogP contribution in [-0.2, 0) is 4.79 Å². The molecule has 4 heteroatoms. The van der Waals surface area contributed by atoms with Crippen LogP contribution < -0.4 is 10.2 Å². The van der Waals surface area contributed by atoms with Crippen LogP contribution in [0.4, 0.5) is 5.69 Å². The summed E-state index contributed by atoms with van der Waals surface area (Å²) in [7, 11) is 0. The molecule has 1 aliphatic rings. The van der Waals surface area contributed by atoms with E-state index in [4.69, 9.17) is 0 Å². The fourth-order valence-corrected chi connectivity index (χ4v) is 3.22. The summed E-state index contributed by atoms with van der Waals surface area (Å²) < 4.78 is 0. The lowest BCUT2D eigenvalue weighted by molar-refractivity contribution is -0.123. The summed E-state index contributed by atoms with van der Waals surface area (Å²) in [5.41, 5.74) is 1.97. The van der Waals surface area contributed by atoms with Gasteiger partial charge in [0, 0.05) is 24.8 Å². The average molecular weight is 324 g/mol. The Morgan fingerprint density at radius 1 is 1.12 bits per heavy atom. The highest BCUT2D eigenvalue weighted by molar-refractivity contribution is 5.77. The Morgan fingerprint density at radius 3 is 2.50 bits per heavy atom. The maximum Gasteiger partial charge on any atom is 0.223 e. The van der Waals surface area contributed by atoms with Gasteiger partial charge in [0.25, 0.3) is 0 Å². The first-order valence-electron chi connectivity index (χ1n) is 8.55. The topological polar surface area (TPSA) is 52.6 Å². The lowest BCUT2D eigenvalue weighted by Gasteiger charge is -2.35. The first kappa shape index (κ1) is 16.5. The molecule has 1 fully saturated rings. The Labute approximate surface area is 143 Å². The monoisotopic (exact) mass is 324 g/mol. The van der Waals surface area contributed by atoms with E-state index in [1.807, 2.05) is 48.5 Å². The number of benzene rings is 2. The zero-order valence-corrected chi connectivity index (χ0v) is 13.8. The predicted octanol–water partition coefficient (Wildman–Crippen LogP) is 2.90. The molecule has 2 aromatic rings. The SMILES string of the molecule is O=C(CC(O)c1ccccc1)NC1CCCN(c2ccccc2)C1. The Kier molecular flexibility index (Phi) is 5.49. The fraction of sp³-hybridized carbons (Fsp3) is 0.350.